The van der Waals surface area contributed by atoms with E-state index in [2.05, 4.69) is 0 Å². The Morgan fingerprint density at radius 2 is 1.78 bits per heavy atom. The van der Waals surface area contributed by atoms with Gasteiger partial charge in [0.05, 0.1) is 12.6 Å². The average Bonchev–Trinajstić information content (AvgIpc) is 2.34. The summed E-state index contributed by atoms with van der Waals surface area (Å²) < 4.78 is 0. The van der Waals surface area contributed by atoms with Gasteiger partial charge in [0.1, 0.15) is 0 Å². The average molecular weight is 247 g/mol. The van der Waals surface area contributed by atoms with Crippen LogP contribution in [0.1, 0.15) is 31.4 Å². The lowest BCUT2D eigenvalue weighted by Gasteiger charge is -2.34. The molecule has 2 amide bonds. The van der Waals surface area contributed by atoms with Crippen LogP contribution >= 0.6 is 0 Å². The van der Waals surface area contributed by atoms with E-state index in [-0.39, 0.29) is 24.3 Å². The predicted molar refractivity (Wildman–Crippen MR) is 66.5 cm³/mol. The Hall–Kier alpha value is -1.68. The Labute approximate surface area is 106 Å². The molecular formula is C14H17NO3. The van der Waals surface area contributed by atoms with Gasteiger partial charge < -0.3 is 5.11 Å². The highest BCUT2D eigenvalue weighted by molar-refractivity contribution is 5.98. The number of aliphatic hydroxyl groups excluding tert-OH is 1. The molecule has 1 aliphatic heterocycles. The second-order valence-corrected chi connectivity index (χ2v) is 4.78. The largest absolute Gasteiger partial charge is 0.394 e. The fraction of sp³-hybridized carbons (Fsp3) is 0.429. The topological polar surface area (TPSA) is 57.6 Å². The number of likely N-dealkylation sites (tertiary alicyclic amines) is 1. The predicted octanol–water partition coefficient (Wildman–Crippen LogP) is 1.51. The third-order valence-electron chi connectivity index (χ3n) is 3.25. The minimum Gasteiger partial charge on any atom is -0.394 e. The summed E-state index contributed by atoms with van der Waals surface area (Å²) in [6, 6.07) is 8.61. The van der Waals surface area contributed by atoms with Gasteiger partial charge in [0, 0.05) is 12.8 Å². The lowest BCUT2D eigenvalue weighted by Crippen LogP contribution is -2.46. The van der Waals surface area contributed by atoms with Gasteiger partial charge in [0.15, 0.2) is 0 Å². The summed E-state index contributed by atoms with van der Waals surface area (Å²) in [5.41, 5.74) is 0.788. The van der Waals surface area contributed by atoms with Crippen molar-refractivity contribution in [1.82, 2.24) is 4.90 Å². The summed E-state index contributed by atoms with van der Waals surface area (Å²) in [4.78, 5) is 25.2. The van der Waals surface area contributed by atoms with Gasteiger partial charge in [-0.2, -0.15) is 0 Å². The van der Waals surface area contributed by atoms with Crippen molar-refractivity contribution in [2.75, 3.05) is 6.61 Å². The smallest absolute Gasteiger partial charge is 0.230 e. The molecule has 1 heterocycles. The zero-order valence-corrected chi connectivity index (χ0v) is 10.4. The van der Waals surface area contributed by atoms with E-state index in [0.29, 0.717) is 12.8 Å². The van der Waals surface area contributed by atoms with Gasteiger partial charge in [-0.25, -0.2) is 0 Å². The van der Waals surface area contributed by atoms with E-state index < -0.39 is 6.04 Å². The molecule has 0 radical (unpaired) electrons. The highest BCUT2D eigenvalue weighted by Gasteiger charge is 2.35. The van der Waals surface area contributed by atoms with Crippen molar-refractivity contribution >= 4 is 11.8 Å². The highest BCUT2D eigenvalue weighted by Crippen LogP contribution is 2.28. The normalized spacial score (nSPS) is 19.1. The van der Waals surface area contributed by atoms with Gasteiger partial charge >= 0.3 is 0 Å². The van der Waals surface area contributed by atoms with Crippen molar-refractivity contribution in [1.29, 1.82) is 0 Å². The second kappa shape index (κ2) is 5.31. The van der Waals surface area contributed by atoms with E-state index >= 15 is 0 Å². The van der Waals surface area contributed by atoms with Crippen LogP contribution < -0.4 is 0 Å². The number of carbonyl (C=O) groups is 2. The summed E-state index contributed by atoms with van der Waals surface area (Å²) in [6.07, 6.45) is 0.740. The molecule has 18 heavy (non-hydrogen) atoms. The number of rotatable bonds is 3. The monoisotopic (exact) mass is 247 g/mol. The Kier molecular flexibility index (Phi) is 3.77. The SMILES string of the molecule is CC1CC(=O)N(C(CO)c2ccccc2)C(=O)C1. The Morgan fingerprint density at radius 1 is 1.22 bits per heavy atom. The molecule has 4 nitrogen and oxygen atoms in total. The van der Waals surface area contributed by atoms with Crippen molar-refractivity contribution in [3.63, 3.8) is 0 Å². The van der Waals surface area contributed by atoms with Crippen LogP contribution in [0.2, 0.25) is 0 Å². The van der Waals surface area contributed by atoms with Gasteiger partial charge in [0.25, 0.3) is 0 Å². The molecule has 1 N–H and O–H groups in total. The number of amides is 2. The first-order chi connectivity index (χ1) is 8.63. The lowest BCUT2D eigenvalue weighted by molar-refractivity contribution is -0.154. The van der Waals surface area contributed by atoms with Crippen LogP contribution in [-0.2, 0) is 9.59 Å². The number of nitrogens with zero attached hydrogens (tertiary/aromatic N) is 1. The number of hydrogen-bond acceptors (Lipinski definition) is 3. The highest BCUT2D eigenvalue weighted by atomic mass is 16.3. The molecule has 0 aromatic heterocycles. The molecule has 1 aliphatic rings. The van der Waals surface area contributed by atoms with Crippen LogP contribution in [0.5, 0.6) is 0 Å². The summed E-state index contributed by atoms with van der Waals surface area (Å²) in [5.74, 6) is -0.292. The maximum absolute atomic E-state index is 12.0. The molecule has 1 saturated heterocycles. The third-order valence-corrected chi connectivity index (χ3v) is 3.25. The van der Waals surface area contributed by atoms with Crippen molar-refractivity contribution in [2.45, 2.75) is 25.8 Å². The minimum atomic E-state index is -0.557. The maximum Gasteiger partial charge on any atom is 0.230 e. The van der Waals surface area contributed by atoms with Crippen molar-refractivity contribution in [3.8, 4) is 0 Å². The number of piperidine rings is 1. The number of imide groups is 1. The molecule has 2 rings (SSSR count). The van der Waals surface area contributed by atoms with Crippen LogP contribution in [0.4, 0.5) is 0 Å². The van der Waals surface area contributed by atoms with Crippen molar-refractivity contribution in [3.05, 3.63) is 35.9 Å². The summed E-state index contributed by atoms with van der Waals surface area (Å²) in [6.45, 7) is 1.65. The molecule has 96 valence electrons. The van der Waals surface area contributed by atoms with E-state index in [1.54, 1.807) is 0 Å². The van der Waals surface area contributed by atoms with Gasteiger partial charge in [0.2, 0.25) is 11.8 Å². The standard InChI is InChI=1S/C14H17NO3/c1-10-7-13(17)15(14(18)8-10)12(9-16)11-5-3-2-4-6-11/h2-6,10,12,16H,7-9H2,1H3. The fourth-order valence-electron chi connectivity index (χ4n) is 2.36. The molecule has 1 fully saturated rings. The molecule has 0 bridgehead atoms. The molecule has 4 heteroatoms. The van der Waals surface area contributed by atoms with Gasteiger partial charge in [-0.15, -0.1) is 0 Å². The first-order valence-electron chi connectivity index (χ1n) is 6.14. The number of aliphatic hydroxyl groups is 1. The van der Waals surface area contributed by atoms with E-state index in [1.165, 1.54) is 4.90 Å². The molecule has 1 aromatic rings. The number of hydrogen-bond donors (Lipinski definition) is 1. The Balaban J connectivity index is 2.27. The van der Waals surface area contributed by atoms with Gasteiger partial charge in [-0.1, -0.05) is 37.3 Å². The second-order valence-electron chi connectivity index (χ2n) is 4.78. The van der Waals surface area contributed by atoms with Crippen LogP contribution in [0.25, 0.3) is 0 Å². The van der Waals surface area contributed by atoms with Crippen molar-refractivity contribution in [2.24, 2.45) is 5.92 Å². The molecule has 1 unspecified atom stereocenters. The fourth-order valence-corrected chi connectivity index (χ4v) is 2.36. The quantitative estimate of drug-likeness (QED) is 0.824. The molecule has 0 spiro atoms. The molecule has 1 atom stereocenters. The van der Waals surface area contributed by atoms with E-state index in [9.17, 15) is 14.7 Å². The van der Waals surface area contributed by atoms with Gasteiger partial charge in [-0.3, -0.25) is 14.5 Å². The molecule has 0 aliphatic carbocycles. The Bertz CT molecular complexity index is 426. The lowest BCUT2D eigenvalue weighted by atomic mass is 9.94. The molecule has 0 saturated carbocycles. The first-order valence-corrected chi connectivity index (χ1v) is 6.14. The van der Waals surface area contributed by atoms with Gasteiger partial charge in [-0.05, 0) is 11.5 Å². The van der Waals surface area contributed by atoms with E-state index in [0.717, 1.165) is 5.56 Å². The summed E-state index contributed by atoms with van der Waals surface area (Å²) in [7, 11) is 0. The van der Waals surface area contributed by atoms with Crippen LogP contribution in [-0.4, -0.2) is 28.4 Å². The summed E-state index contributed by atoms with van der Waals surface area (Å²) in [5, 5.41) is 9.49. The zero-order chi connectivity index (χ0) is 13.1. The van der Waals surface area contributed by atoms with Crippen LogP contribution in [0.15, 0.2) is 30.3 Å². The first kappa shape index (κ1) is 12.8. The third kappa shape index (κ3) is 2.43. The maximum atomic E-state index is 12.0. The van der Waals surface area contributed by atoms with Crippen LogP contribution in [0, 0.1) is 5.92 Å². The Morgan fingerprint density at radius 3 is 2.28 bits per heavy atom. The summed E-state index contributed by atoms with van der Waals surface area (Å²) >= 11 is 0. The van der Waals surface area contributed by atoms with E-state index in [4.69, 9.17) is 0 Å². The molecular weight excluding hydrogens is 230 g/mol. The van der Waals surface area contributed by atoms with Crippen molar-refractivity contribution < 1.29 is 14.7 Å². The number of benzene rings is 1. The zero-order valence-electron chi connectivity index (χ0n) is 10.4. The molecule has 1 aromatic carbocycles. The minimum absolute atomic E-state index is 0.0939. The number of carbonyl (C=O) groups excluding carboxylic acids is 2. The van der Waals surface area contributed by atoms with E-state index in [1.807, 2.05) is 37.3 Å². The van der Waals surface area contributed by atoms with Crippen LogP contribution in [0.3, 0.4) is 0 Å².